The smallest absolute Gasteiger partial charge is 0.326 e. The van der Waals surface area contributed by atoms with Crippen molar-refractivity contribution >= 4 is 11.9 Å². The van der Waals surface area contributed by atoms with Gasteiger partial charge in [-0.05, 0) is 55.3 Å². The monoisotopic (exact) mass is 263 g/mol. The van der Waals surface area contributed by atoms with Gasteiger partial charge in [-0.15, -0.1) is 0 Å². The molecule has 0 aromatic carbocycles. The van der Waals surface area contributed by atoms with Crippen LogP contribution in [0.2, 0.25) is 0 Å². The van der Waals surface area contributed by atoms with Gasteiger partial charge < -0.3 is 10.4 Å². The highest BCUT2D eigenvalue weighted by molar-refractivity contribution is 5.87. The van der Waals surface area contributed by atoms with Crippen molar-refractivity contribution in [3.05, 3.63) is 0 Å². The zero-order valence-electron chi connectivity index (χ0n) is 11.0. The number of nitrogens with one attached hydrogen (secondary N) is 1. The van der Waals surface area contributed by atoms with Crippen molar-refractivity contribution in [1.82, 2.24) is 5.32 Å². The average Bonchev–Trinajstić information content (AvgIpc) is 3.27. The van der Waals surface area contributed by atoms with Crippen LogP contribution in [0, 0.1) is 35.5 Å². The lowest BCUT2D eigenvalue weighted by atomic mass is 10.0. The summed E-state index contributed by atoms with van der Waals surface area (Å²) in [5.74, 6) is 2.54. The van der Waals surface area contributed by atoms with Gasteiger partial charge in [-0.2, -0.15) is 0 Å². The Morgan fingerprint density at radius 1 is 1.11 bits per heavy atom. The highest BCUT2D eigenvalue weighted by atomic mass is 16.4. The lowest BCUT2D eigenvalue weighted by Crippen LogP contribution is -2.42. The Morgan fingerprint density at radius 3 is 2.26 bits per heavy atom. The van der Waals surface area contributed by atoms with Crippen molar-refractivity contribution in [2.75, 3.05) is 0 Å². The minimum Gasteiger partial charge on any atom is -0.480 e. The van der Waals surface area contributed by atoms with Gasteiger partial charge in [-0.3, -0.25) is 4.79 Å². The van der Waals surface area contributed by atoms with Crippen LogP contribution in [0.5, 0.6) is 0 Å². The Hall–Kier alpha value is -1.06. The topological polar surface area (TPSA) is 66.4 Å². The fraction of sp³-hybridized carbons (Fsp3) is 0.867. The van der Waals surface area contributed by atoms with Crippen molar-refractivity contribution in [3.8, 4) is 0 Å². The molecule has 5 atom stereocenters. The highest BCUT2D eigenvalue weighted by Gasteiger charge is 2.67. The second-order valence-electron chi connectivity index (χ2n) is 7.09. The van der Waals surface area contributed by atoms with E-state index in [1.54, 1.807) is 0 Å². The highest BCUT2D eigenvalue weighted by Crippen LogP contribution is 2.69. The summed E-state index contributed by atoms with van der Waals surface area (Å²) >= 11 is 0. The number of amides is 1. The van der Waals surface area contributed by atoms with Gasteiger partial charge in [-0.25, -0.2) is 4.79 Å². The number of aliphatic carboxylic acids is 1. The second kappa shape index (κ2) is 3.97. The van der Waals surface area contributed by atoms with E-state index >= 15 is 0 Å². The summed E-state index contributed by atoms with van der Waals surface area (Å²) in [5.41, 5.74) is 0. The molecule has 19 heavy (non-hydrogen) atoms. The molecule has 0 heterocycles. The fourth-order valence-electron chi connectivity index (χ4n) is 4.85. The largest absolute Gasteiger partial charge is 0.480 e. The Morgan fingerprint density at radius 2 is 1.74 bits per heavy atom. The third kappa shape index (κ3) is 1.87. The number of rotatable bonds is 5. The van der Waals surface area contributed by atoms with E-state index in [2.05, 4.69) is 5.32 Å². The van der Waals surface area contributed by atoms with Crippen molar-refractivity contribution < 1.29 is 14.7 Å². The van der Waals surface area contributed by atoms with Crippen LogP contribution in [-0.4, -0.2) is 23.0 Å². The Labute approximate surface area is 112 Å². The van der Waals surface area contributed by atoms with E-state index in [9.17, 15) is 14.7 Å². The normalized spacial score (nSPS) is 43.7. The van der Waals surface area contributed by atoms with Crippen molar-refractivity contribution in [2.45, 2.75) is 44.6 Å². The van der Waals surface area contributed by atoms with E-state index in [0.29, 0.717) is 24.2 Å². The number of hydrogen-bond donors (Lipinski definition) is 2. The Balaban J connectivity index is 1.37. The molecule has 0 aliphatic heterocycles. The quantitative estimate of drug-likeness (QED) is 0.792. The standard InChI is InChI=1S/C15H21NO3/c17-14(16-10(15(18)19)5-7-1-2-7)13-11-8-3-4-9(6-8)12(11)13/h7-13H,1-6H2,(H,16,17)(H,18,19). The molecule has 0 aromatic heterocycles. The molecule has 0 spiro atoms. The van der Waals surface area contributed by atoms with Gasteiger partial charge in [0.2, 0.25) is 5.91 Å². The molecule has 4 fully saturated rings. The van der Waals surface area contributed by atoms with Gasteiger partial charge in [0.05, 0.1) is 0 Å². The van der Waals surface area contributed by atoms with Gasteiger partial charge in [-0.1, -0.05) is 12.8 Å². The van der Waals surface area contributed by atoms with Crippen LogP contribution in [0.15, 0.2) is 0 Å². The maximum Gasteiger partial charge on any atom is 0.326 e. The number of carbonyl (C=O) groups excluding carboxylic acids is 1. The zero-order chi connectivity index (χ0) is 13.1. The molecule has 0 saturated heterocycles. The first-order valence-corrected chi connectivity index (χ1v) is 7.68. The van der Waals surface area contributed by atoms with Crippen LogP contribution < -0.4 is 5.32 Å². The molecule has 2 bridgehead atoms. The molecule has 1 amide bonds. The van der Waals surface area contributed by atoms with Crippen molar-refractivity contribution in [1.29, 1.82) is 0 Å². The number of hydrogen-bond acceptors (Lipinski definition) is 2. The molecule has 4 heteroatoms. The number of carboxylic acids is 1. The van der Waals surface area contributed by atoms with Gasteiger partial charge in [0.15, 0.2) is 0 Å². The summed E-state index contributed by atoms with van der Waals surface area (Å²) in [4.78, 5) is 23.5. The van der Waals surface area contributed by atoms with E-state index in [-0.39, 0.29) is 11.8 Å². The van der Waals surface area contributed by atoms with Crippen LogP contribution in [0.1, 0.15) is 38.5 Å². The van der Waals surface area contributed by atoms with E-state index in [0.717, 1.165) is 24.7 Å². The summed E-state index contributed by atoms with van der Waals surface area (Å²) in [7, 11) is 0. The zero-order valence-corrected chi connectivity index (χ0v) is 11.0. The predicted octanol–water partition coefficient (Wildman–Crippen LogP) is 1.65. The minimum atomic E-state index is -0.867. The summed E-state index contributed by atoms with van der Waals surface area (Å²) in [5, 5.41) is 12.0. The van der Waals surface area contributed by atoms with E-state index in [4.69, 9.17) is 0 Å². The van der Waals surface area contributed by atoms with Crippen LogP contribution >= 0.6 is 0 Å². The van der Waals surface area contributed by atoms with Crippen LogP contribution in [0.25, 0.3) is 0 Å². The third-order valence-corrected chi connectivity index (χ3v) is 5.92. The predicted molar refractivity (Wildman–Crippen MR) is 68.2 cm³/mol. The number of fused-ring (bicyclic) bond motifs is 5. The summed E-state index contributed by atoms with van der Waals surface area (Å²) in [6.07, 6.45) is 6.77. The molecule has 4 aliphatic carbocycles. The lowest BCUT2D eigenvalue weighted by molar-refractivity contribution is -0.142. The first-order chi connectivity index (χ1) is 9.15. The van der Waals surface area contributed by atoms with Gasteiger partial charge >= 0.3 is 5.97 Å². The Kier molecular flexibility index (Phi) is 2.45. The molecule has 4 rings (SSSR count). The van der Waals surface area contributed by atoms with E-state index in [1.807, 2.05) is 0 Å². The lowest BCUT2D eigenvalue weighted by Gasteiger charge is -2.15. The second-order valence-corrected chi connectivity index (χ2v) is 7.09. The third-order valence-electron chi connectivity index (χ3n) is 5.92. The SMILES string of the molecule is O=C(O)C(CC1CC1)NC(=O)C1C2C3CCC(C3)C12. The molecule has 2 N–H and O–H groups in total. The summed E-state index contributed by atoms with van der Waals surface area (Å²) < 4.78 is 0. The van der Waals surface area contributed by atoms with Crippen LogP contribution in [0.4, 0.5) is 0 Å². The van der Waals surface area contributed by atoms with E-state index in [1.165, 1.54) is 19.3 Å². The first kappa shape index (κ1) is 11.7. The summed E-state index contributed by atoms with van der Waals surface area (Å²) in [6.45, 7) is 0. The maximum absolute atomic E-state index is 12.3. The van der Waals surface area contributed by atoms with E-state index < -0.39 is 12.0 Å². The van der Waals surface area contributed by atoms with Crippen LogP contribution in [-0.2, 0) is 9.59 Å². The molecular formula is C15H21NO3. The maximum atomic E-state index is 12.3. The Bertz CT molecular complexity index is 415. The first-order valence-electron chi connectivity index (χ1n) is 7.68. The number of carbonyl (C=O) groups is 2. The minimum absolute atomic E-state index is 0.0275. The molecule has 0 radical (unpaired) electrons. The molecular weight excluding hydrogens is 242 g/mol. The van der Waals surface area contributed by atoms with Crippen LogP contribution in [0.3, 0.4) is 0 Å². The van der Waals surface area contributed by atoms with Gasteiger partial charge in [0.1, 0.15) is 6.04 Å². The van der Waals surface area contributed by atoms with Gasteiger partial charge in [0, 0.05) is 5.92 Å². The fourth-order valence-corrected chi connectivity index (χ4v) is 4.85. The summed E-state index contributed by atoms with van der Waals surface area (Å²) in [6, 6.07) is -0.654. The van der Waals surface area contributed by atoms with Gasteiger partial charge in [0.25, 0.3) is 0 Å². The molecule has 104 valence electrons. The average molecular weight is 263 g/mol. The van der Waals surface area contributed by atoms with Crippen molar-refractivity contribution in [2.24, 2.45) is 35.5 Å². The number of carboxylic acid groups (broad SMARTS) is 1. The molecule has 4 nitrogen and oxygen atoms in total. The molecule has 0 aromatic rings. The molecule has 5 unspecified atom stereocenters. The van der Waals surface area contributed by atoms with Crippen molar-refractivity contribution in [3.63, 3.8) is 0 Å². The molecule has 4 aliphatic rings. The molecule has 4 saturated carbocycles.